The predicted octanol–water partition coefficient (Wildman–Crippen LogP) is 1.89. The van der Waals surface area contributed by atoms with Gasteiger partial charge >= 0.3 is 0 Å². The van der Waals surface area contributed by atoms with Gasteiger partial charge in [0.2, 0.25) is 21.8 Å². The second-order valence-electron chi connectivity index (χ2n) is 7.59. The first kappa shape index (κ1) is 23.0. The number of aromatic nitrogens is 1. The van der Waals surface area contributed by atoms with Crippen molar-refractivity contribution in [2.24, 2.45) is 0 Å². The van der Waals surface area contributed by atoms with E-state index >= 15 is 0 Å². The fourth-order valence-electron chi connectivity index (χ4n) is 3.74. The van der Waals surface area contributed by atoms with Crippen LogP contribution in [0.2, 0.25) is 0 Å². The van der Waals surface area contributed by atoms with E-state index in [9.17, 15) is 18.0 Å². The molecule has 2 aliphatic heterocycles. The van der Waals surface area contributed by atoms with Crippen molar-refractivity contribution in [3.8, 4) is 5.75 Å². The number of carbonyl (C=O) groups is 2. The minimum atomic E-state index is -3.96. The van der Waals surface area contributed by atoms with E-state index in [-0.39, 0.29) is 35.7 Å². The fourth-order valence-corrected chi connectivity index (χ4v) is 7.72. The van der Waals surface area contributed by atoms with Crippen molar-refractivity contribution >= 4 is 50.6 Å². The third kappa shape index (κ3) is 4.36. The highest BCUT2D eigenvalue weighted by Crippen LogP contribution is 2.38. The SMILES string of the molecule is CC(=O)N1CCOc2cc(S(=O)(=O)N3CSC[C@@H]3C(=O)NCc3csc(C)n3)c(C)cc21. The van der Waals surface area contributed by atoms with Crippen LogP contribution < -0.4 is 15.0 Å². The zero-order chi connectivity index (χ0) is 23.0. The summed E-state index contributed by atoms with van der Waals surface area (Å²) in [6, 6.07) is 2.31. The minimum absolute atomic E-state index is 0.0806. The van der Waals surface area contributed by atoms with Crippen molar-refractivity contribution in [3.63, 3.8) is 0 Å². The van der Waals surface area contributed by atoms with Gasteiger partial charge in [-0.05, 0) is 25.5 Å². The Morgan fingerprint density at radius 2 is 2.09 bits per heavy atom. The van der Waals surface area contributed by atoms with Crippen LogP contribution in [0.1, 0.15) is 23.2 Å². The molecule has 2 aliphatic rings. The van der Waals surface area contributed by atoms with Gasteiger partial charge in [0.1, 0.15) is 18.4 Å². The summed E-state index contributed by atoms with van der Waals surface area (Å²) in [5.41, 5.74) is 1.80. The summed E-state index contributed by atoms with van der Waals surface area (Å²) in [6.45, 7) is 5.99. The minimum Gasteiger partial charge on any atom is -0.489 e. The van der Waals surface area contributed by atoms with Crippen molar-refractivity contribution in [1.29, 1.82) is 0 Å². The molecule has 1 aromatic heterocycles. The summed E-state index contributed by atoms with van der Waals surface area (Å²) < 4.78 is 34.0. The van der Waals surface area contributed by atoms with Gasteiger partial charge in [-0.1, -0.05) is 0 Å². The van der Waals surface area contributed by atoms with Crippen molar-refractivity contribution in [2.45, 2.75) is 38.3 Å². The van der Waals surface area contributed by atoms with Crippen molar-refractivity contribution < 1.29 is 22.7 Å². The summed E-state index contributed by atoms with van der Waals surface area (Å²) >= 11 is 2.89. The van der Waals surface area contributed by atoms with Crippen LogP contribution >= 0.6 is 23.1 Å². The number of ether oxygens (including phenoxy) is 1. The number of aryl methyl sites for hydroxylation is 2. The lowest BCUT2D eigenvalue weighted by Crippen LogP contribution is -2.47. The molecule has 4 rings (SSSR count). The number of thiazole rings is 1. The van der Waals surface area contributed by atoms with E-state index < -0.39 is 16.1 Å². The summed E-state index contributed by atoms with van der Waals surface area (Å²) in [5.74, 6) is 0.432. The molecule has 0 spiro atoms. The number of hydrogen-bond donors (Lipinski definition) is 1. The van der Waals surface area contributed by atoms with Crippen LogP contribution in [0.3, 0.4) is 0 Å². The molecule has 0 bridgehead atoms. The summed E-state index contributed by atoms with van der Waals surface area (Å²) in [7, 11) is -3.96. The Kier molecular flexibility index (Phi) is 6.48. The first-order valence-corrected chi connectivity index (χ1v) is 13.5. The van der Waals surface area contributed by atoms with Gasteiger partial charge in [-0.2, -0.15) is 4.31 Å². The van der Waals surface area contributed by atoms with E-state index in [0.717, 1.165) is 10.7 Å². The van der Waals surface area contributed by atoms with Gasteiger partial charge in [-0.3, -0.25) is 9.59 Å². The lowest BCUT2D eigenvalue weighted by atomic mass is 10.1. The second-order valence-corrected chi connectivity index (χ2v) is 11.5. The Balaban J connectivity index is 1.58. The summed E-state index contributed by atoms with van der Waals surface area (Å²) in [5, 5.41) is 5.58. The molecular weight excluding hydrogens is 472 g/mol. The van der Waals surface area contributed by atoms with Crippen LogP contribution in [0.15, 0.2) is 22.4 Å². The van der Waals surface area contributed by atoms with Gasteiger partial charge in [-0.25, -0.2) is 13.4 Å². The molecule has 12 heteroatoms. The number of nitrogens with zero attached hydrogens (tertiary/aromatic N) is 3. The van der Waals surface area contributed by atoms with Crippen molar-refractivity contribution in [2.75, 3.05) is 29.7 Å². The molecule has 2 aromatic rings. The number of thioether (sulfide) groups is 1. The summed E-state index contributed by atoms with van der Waals surface area (Å²) in [6.07, 6.45) is 0. The fraction of sp³-hybridized carbons (Fsp3) is 0.450. The molecule has 1 N–H and O–H groups in total. The molecular formula is C20H24N4O5S3. The zero-order valence-electron chi connectivity index (χ0n) is 18.0. The third-order valence-electron chi connectivity index (χ3n) is 5.34. The van der Waals surface area contributed by atoms with E-state index in [2.05, 4.69) is 10.3 Å². The Morgan fingerprint density at radius 3 is 2.78 bits per heavy atom. The summed E-state index contributed by atoms with van der Waals surface area (Å²) in [4.78, 5) is 30.7. The molecule has 0 unspecified atom stereocenters. The van der Waals surface area contributed by atoms with Gasteiger partial charge in [-0.15, -0.1) is 23.1 Å². The van der Waals surface area contributed by atoms with E-state index in [1.807, 2.05) is 12.3 Å². The number of sulfonamides is 1. The first-order chi connectivity index (χ1) is 15.2. The normalized spacial score (nSPS) is 18.8. The van der Waals surface area contributed by atoms with Crippen LogP contribution in [0.5, 0.6) is 5.75 Å². The Bertz CT molecular complexity index is 1160. The van der Waals surface area contributed by atoms with Gasteiger partial charge in [0.05, 0.1) is 40.3 Å². The van der Waals surface area contributed by atoms with Crippen molar-refractivity contribution in [3.05, 3.63) is 33.8 Å². The number of amides is 2. The maximum Gasteiger partial charge on any atom is 0.244 e. The van der Waals surface area contributed by atoms with Gasteiger partial charge in [0.25, 0.3) is 0 Å². The standard InChI is InChI=1S/C20H24N4O5S3/c1-12-6-16-18(29-5-4-23(16)14(3)25)7-19(12)32(27,28)24-11-30-10-17(24)20(26)21-8-15-9-31-13(2)22-15/h6-7,9,17H,4-5,8,10-11H2,1-3H3,(H,21,26)/t17-/m1/s1. The molecule has 0 aliphatic carbocycles. The smallest absolute Gasteiger partial charge is 0.244 e. The number of hydrogen-bond acceptors (Lipinski definition) is 8. The molecule has 32 heavy (non-hydrogen) atoms. The van der Waals surface area contributed by atoms with Gasteiger partial charge < -0.3 is 15.0 Å². The molecule has 1 fully saturated rings. The zero-order valence-corrected chi connectivity index (χ0v) is 20.4. The third-order valence-corrected chi connectivity index (χ3v) is 9.34. The highest BCUT2D eigenvalue weighted by atomic mass is 32.2. The number of benzene rings is 1. The monoisotopic (exact) mass is 496 g/mol. The largest absolute Gasteiger partial charge is 0.489 e. The average Bonchev–Trinajstić information content (AvgIpc) is 3.40. The van der Waals surface area contributed by atoms with Gasteiger partial charge in [0.15, 0.2) is 0 Å². The van der Waals surface area contributed by atoms with E-state index in [1.165, 1.54) is 40.4 Å². The maximum atomic E-state index is 13.5. The van der Waals surface area contributed by atoms with E-state index in [4.69, 9.17) is 4.74 Å². The number of fused-ring (bicyclic) bond motifs is 1. The number of carbonyl (C=O) groups excluding carboxylic acids is 2. The molecule has 3 heterocycles. The molecule has 0 radical (unpaired) electrons. The van der Waals surface area contributed by atoms with E-state index in [1.54, 1.807) is 17.9 Å². The lowest BCUT2D eigenvalue weighted by molar-refractivity contribution is -0.124. The molecule has 2 amide bonds. The molecule has 1 atom stereocenters. The van der Waals surface area contributed by atoms with Crippen LogP contribution in [0.4, 0.5) is 5.69 Å². The number of nitrogens with one attached hydrogen (secondary N) is 1. The van der Waals surface area contributed by atoms with E-state index in [0.29, 0.717) is 29.3 Å². The Morgan fingerprint density at radius 1 is 1.31 bits per heavy atom. The van der Waals surface area contributed by atoms with Crippen LogP contribution in [0.25, 0.3) is 0 Å². The lowest BCUT2D eigenvalue weighted by Gasteiger charge is -2.30. The Labute approximate surface area is 195 Å². The molecule has 0 saturated carbocycles. The highest BCUT2D eigenvalue weighted by Gasteiger charge is 2.41. The topological polar surface area (TPSA) is 109 Å². The van der Waals surface area contributed by atoms with Gasteiger partial charge in [0, 0.05) is 24.1 Å². The second kappa shape index (κ2) is 9.00. The first-order valence-electron chi connectivity index (χ1n) is 10.0. The van der Waals surface area contributed by atoms with Crippen LogP contribution in [-0.4, -0.2) is 60.3 Å². The van der Waals surface area contributed by atoms with Crippen LogP contribution in [-0.2, 0) is 26.2 Å². The quantitative estimate of drug-likeness (QED) is 0.673. The highest BCUT2D eigenvalue weighted by molar-refractivity contribution is 8.00. The molecule has 1 aromatic carbocycles. The molecule has 1 saturated heterocycles. The predicted molar refractivity (Wildman–Crippen MR) is 124 cm³/mol. The average molecular weight is 497 g/mol. The Hall–Kier alpha value is -2.15. The van der Waals surface area contributed by atoms with Crippen molar-refractivity contribution in [1.82, 2.24) is 14.6 Å². The number of rotatable bonds is 5. The molecule has 172 valence electrons. The maximum absolute atomic E-state index is 13.5. The number of anilines is 1. The molecule has 9 nitrogen and oxygen atoms in total. The van der Waals surface area contributed by atoms with Crippen LogP contribution in [0, 0.1) is 13.8 Å².